The van der Waals surface area contributed by atoms with Crippen LogP contribution in [0.1, 0.15) is 53.2 Å². The van der Waals surface area contributed by atoms with Crippen LogP contribution in [0.4, 0.5) is 11.4 Å². The first-order chi connectivity index (χ1) is 12.3. The van der Waals surface area contributed by atoms with E-state index in [-0.39, 0.29) is 5.78 Å². The maximum absolute atomic E-state index is 13.2. The second-order valence-corrected chi connectivity index (χ2v) is 7.51. The van der Waals surface area contributed by atoms with Crippen molar-refractivity contribution in [2.75, 3.05) is 28.2 Å². The number of hydrogen-bond acceptors (Lipinski definition) is 3. The Morgan fingerprint density at radius 1 is 1.00 bits per heavy atom. The van der Waals surface area contributed by atoms with Gasteiger partial charge in [0.05, 0.1) is 5.56 Å². The molecule has 2 aromatic rings. The molecule has 1 aliphatic rings. The van der Waals surface area contributed by atoms with Crippen molar-refractivity contribution >= 4 is 39.7 Å². The van der Waals surface area contributed by atoms with Crippen molar-refractivity contribution in [3.05, 3.63) is 58.7 Å². The van der Waals surface area contributed by atoms with Gasteiger partial charge < -0.3 is 10.6 Å². The third-order valence-corrected chi connectivity index (χ3v) is 5.40. The van der Waals surface area contributed by atoms with Gasteiger partial charge in [0, 0.05) is 40.9 Å². The Balaban J connectivity index is 1.98. The first kappa shape index (κ1) is 18.2. The number of carbonyl (C=O) groups excluding carboxylic acids is 1. The summed E-state index contributed by atoms with van der Waals surface area (Å²) in [4.78, 5) is 13.2. The van der Waals surface area contributed by atoms with Gasteiger partial charge in [0.15, 0.2) is 5.78 Å². The fourth-order valence-electron chi connectivity index (χ4n) is 3.31. The third-order valence-electron chi connectivity index (χ3n) is 4.64. The standard InChI is InChI=1S/C21H25IN2O/c1-2-3-12-24-19-10-9-18(23-13-6-11-22)17-14-15-7-4-5-8-16(15)21(25)20(17)19/h4-5,7-10,23-24H,2-3,6,11-14H2,1H3. The Hall–Kier alpha value is -1.56. The van der Waals surface area contributed by atoms with Crippen molar-refractivity contribution in [2.24, 2.45) is 0 Å². The molecule has 0 radical (unpaired) electrons. The minimum atomic E-state index is 0.147. The summed E-state index contributed by atoms with van der Waals surface area (Å²) in [5.74, 6) is 0.147. The van der Waals surface area contributed by atoms with E-state index in [0.29, 0.717) is 0 Å². The number of halogens is 1. The Bertz CT molecular complexity index is 758. The van der Waals surface area contributed by atoms with Gasteiger partial charge in [-0.25, -0.2) is 0 Å². The fourth-order valence-corrected chi connectivity index (χ4v) is 3.70. The van der Waals surface area contributed by atoms with Crippen LogP contribution in [0.15, 0.2) is 36.4 Å². The molecule has 0 bridgehead atoms. The second-order valence-electron chi connectivity index (χ2n) is 6.43. The van der Waals surface area contributed by atoms with Crippen LogP contribution in [0.2, 0.25) is 0 Å². The monoisotopic (exact) mass is 448 g/mol. The molecular formula is C21H25IN2O. The minimum absolute atomic E-state index is 0.147. The molecule has 0 fully saturated rings. The number of carbonyl (C=O) groups is 1. The SMILES string of the molecule is CCCCNc1ccc(NCCCI)c2c1C(=O)c1ccccc1C2. The van der Waals surface area contributed by atoms with Gasteiger partial charge in [-0.3, -0.25) is 4.79 Å². The van der Waals surface area contributed by atoms with Crippen molar-refractivity contribution in [3.8, 4) is 0 Å². The average molecular weight is 448 g/mol. The zero-order chi connectivity index (χ0) is 17.6. The average Bonchev–Trinajstić information content (AvgIpc) is 2.63. The summed E-state index contributed by atoms with van der Waals surface area (Å²) in [5.41, 5.74) is 6.04. The fraction of sp³-hybridized carbons (Fsp3) is 0.381. The van der Waals surface area contributed by atoms with E-state index in [4.69, 9.17) is 0 Å². The highest BCUT2D eigenvalue weighted by Gasteiger charge is 2.27. The lowest BCUT2D eigenvalue weighted by molar-refractivity contribution is 0.103. The van der Waals surface area contributed by atoms with E-state index in [1.807, 2.05) is 18.2 Å². The molecule has 4 heteroatoms. The number of rotatable bonds is 8. The van der Waals surface area contributed by atoms with Gasteiger partial charge in [-0.1, -0.05) is 60.2 Å². The minimum Gasteiger partial charge on any atom is -0.385 e. The van der Waals surface area contributed by atoms with E-state index in [2.05, 4.69) is 58.3 Å². The van der Waals surface area contributed by atoms with Crippen LogP contribution < -0.4 is 10.6 Å². The van der Waals surface area contributed by atoms with Crippen LogP contribution in [0.25, 0.3) is 0 Å². The Labute approximate surface area is 163 Å². The Kier molecular flexibility index (Phi) is 6.34. The summed E-state index contributed by atoms with van der Waals surface area (Å²) >= 11 is 2.40. The first-order valence-corrected chi connectivity index (χ1v) is 10.6. The molecule has 0 saturated carbocycles. The molecule has 2 N–H and O–H groups in total. The molecule has 0 spiro atoms. The number of anilines is 2. The number of nitrogens with one attached hydrogen (secondary N) is 2. The van der Waals surface area contributed by atoms with Crippen molar-refractivity contribution in [2.45, 2.75) is 32.6 Å². The van der Waals surface area contributed by atoms with Crippen molar-refractivity contribution < 1.29 is 4.79 Å². The van der Waals surface area contributed by atoms with Crippen LogP contribution in [-0.4, -0.2) is 23.3 Å². The topological polar surface area (TPSA) is 41.1 Å². The quantitative estimate of drug-likeness (QED) is 0.280. The number of alkyl halides is 1. The van der Waals surface area contributed by atoms with Crippen LogP contribution in [0.5, 0.6) is 0 Å². The van der Waals surface area contributed by atoms with Gasteiger partial charge in [0.2, 0.25) is 0 Å². The summed E-state index contributed by atoms with van der Waals surface area (Å²) in [6, 6.07) is 12.2. The van der Waals surface area contributed by atoms with E-state index < -0.39 is 0 Å². The van der Waals surface area contributed by atoms with Crippen LogP contribution in [-0.2, 0) is 6.42 Å². The lowest BCUT2D eigenvalue weighted by Gasteiger charge is -2.25. The van der Waals surface area contributed by atoms with Gasteiger partial charge >= 0.3 is 0 Å². The lowest BCUT2D eigenvalue weighted by atomic mass is 9.83. The van der Waals surface area contributed by atoms with Crippen molar-refractivity contribution in [1.82, 2.24) is 0 Å². The maximum atomic E-state index is 13.2. The van der Waals surface area contributed by atoms with Gasteiger partial charge in [-0.15, -0.1) is 0 Å². The predicted octanol–water partition coefficient (Wildman–Crippen LogP) is 5.27. The molecule has 3 rings (SSSR count). The van der Waals surface area contributed by atoms with Crippen LogP contribution in [0.3, 0.4) is 0 Å². The van der Waals surface area contributed by atoms with Crippen LogP contribution in [0, 0.1) is 0 Å². The Morgan fingerprint density at radius 2 is 1.72 bits per heavy atom. The normalized spacial score (nSPS) is 12.5. The van der Waals surface area contributed by atoms with Gasteiger partial charge in [0.1, 0.15) is 0 Å². The number of hydrogen-bond donors (Lipinski definition) is 2. The second kappa shape index (κ2) is 8.70. The zero-order valence-corrected chi connectivity index (χ0v) is 16.9. The summed E-state index contributed by atoms with van der Waals surface area (Å²) in [7, 11) is 0. The first-order valence-electron chi connectivity index (χ1n) is 9.08. The largest absolute Gasteiger partial charge is 0.385 e. The van der Waals surface area contributed by atoms with Gasteiger partial charge in [-0.2, -0.15) is 0 Å². The lowest BCUT2D eigenvalue weighted by Crippen LogP contribution is -2.20. The molecule has 0 aliphatic heterocycles. The molecule has 1 aliphatic carbocycles. The maximum Gasteiger partial charge on any atom is 0.195 e. The number of benzene rings is 2. The van der Waals surface area contributed by atoms with Crippen LogP contribution >= 0.6 is 22.6 Å². The molecule has 2 aromatic carbocycles. The molecule has 0 saturated heterocycles. The third kappa shape index (κ3) is 4.00. The van der Waals surface area contributed by atoms with Gasteiger partial charge in [-0.05, 0) is 36.1 Å². The van der Waals surface area contributed by atoms with Crippen molar-refractivity contribution in [3.63, 3.8) is 0 Å². The molecule has 0 amide bonds. The Morgan fingerprint density at radius 3 is 2.52 bits per heavy atom. The molecule has 0 unspecified atom stereocenters. The molecule has 0 aromatic heterocycles. The van der Waals surface area contributed by atoms with E-state index in [1.54, 1.807) is 0 Å². The highest BCUT2D eigenvalue weighted by molar-refractivity contribution is 14.1. The molecule has 0 heterocycles. The summed E-state index contributed by atoms with van der Waals surface area (Å²) in [6.45, 7) is 4.02. The summed E-state index contributed by atoms with van der Waals surface area (Å²) < 4.78 is 1.13. The molecular weight excluding hydrogens is 423 g/mol. The van der Waals surface area contributed by atoms with E-state index >= 15 is 0 Å². The molecule has 25 heavy (non-hydrogen) atoms. The van der Waals surface area contributed by atoms with E-state index in [9.17, 15) is 4.79 Å². The molecule has 0 atom stereocenters. The highest BCUT2D eigenvalue weighted by atomic mass is 127. The van der Waals surface area contributed by atoms with E-state index in [0.717, 1.165) is 76.8 Å². The zero-order valence-electron chi connectivity index (χ0n) is 14.7. The number of unbranched alkanes of at least 4 members (excludes halogenated alkanes) is 1. The summed E-state index contributed by atoms with van der Waals surface area (Å²) in [5, 5.41) is 7.01. The number of fused-ring (bicyclic) bond motifs is 2. The van der Waals surface area contributed by atoms with Crippen molar-refractivity contribution in [1.29, 1.82) is 0 Å². The van der Waals surface area contributed by atoms with E-state index in [1.165, 1.54) is 0 Å². The molecule has 3 nitrogen and oxygen atoms in total. The van der Waals surface area contributed by atoms with Gasteiger partial charge in [0.25, 0.3) is 0 Å². The smallest absolute Gasteiger partial charge is 0.195 e. The highest BCUT2D eigenvalue weighted by Crippen LogP contribution is 2.36. The number of ketones is 1. The molecule has 132 valence electrons. The summed E-state index contributed by atoms with van der Waals surface area (Å²) in [6.07, 6.45) is 4.18. The predicted molar refractivity (Wildman–Crippen MR) is 115 cm³/mol.